The Labute approximate surface area is 152 Å². The maximum atomic E-state index is 13.6. The highest BCUT2D eigenvalue weighted by Gasteiger charge is 2.41. The molecular weight excluding hydrogens is 367 g/mol. The molecular formula is C17H16F3N3O4. The highest BCUT2D eigenvalue weighted by atomic mass is 19.4. The van der Waals surface area contributed by atoms with Crippen molar-refractivity contribution < 1.29 is 23.0 Å². The van der Waals surface area contributed by atoms with E-state index >= 15 is 0 Å². The van der Waals surface area contributed by atoms with E-state index in [1.807, 2.05) is 0 Å². The van der Waals surface area contributed by atoms with E-state index in [1.54, 1.807) is 38.1 Å². The molecule has 0 aliphatic heterocycles. The molecule has 2 rings (SSSR count). The van der Waals surface area contributed by atoms with Gasteiger partial charge in [0.25, 0.3) is 11.4 Å². The third-order valence-electron chi connectivity index (χ3n) is 3.85. The molecule has 7 nitrogen and oxygen atoms in total. The first kappa shape index (κ1) is 20.1. The Hall–Kier alpha value is -3.17. The number of nitrogens with zero attached hydrogens (tertiary/aromatic N) is 3. The normalized spacial score (nSPS) is 11.3. The first-order chi connectivity index (χ1) is 12.6. The minimum absolute atomic E-state index is 0.0603. The number of benzene rings is 2. The molecule has 0 amide bonds. The summed E-state index contributed by atoms with van der Waals surface area (Å²) in [6.07, 6.45) is -4.61. The van der Waals surface area contributed by atoms with Crippen LogP contribution in [-0.4, -0.2) is 16.4 Å². The quantitative estimate of drug-likeness (QED) is 0.494. The van der Waals surface area contributed by atoms with Gasteiger partial charge in [-0.05, 0) is 25.5 Å². The van der Waals surface area contributed by atoms with Crippen LogP contribution in [0.3, 0.4) is 0 Å². The van der Waals surface area contributed by atoms with Crippen LogP contribution in [0, 0.1) is 27.2 Å². The second-order valence-electron chi connectivity index (χ2n) is 5.86. The maximum absolute atomic E-state index is 13.6. The lowest BCUT2D eigenvalue weighted by molar-refractivity contribution is -0.394. The van der Waals surface area contributed by atoms with E-state index in [0.717, 1.165) is 5.56 Å². The third kappa shape index (κ3) is 4.33. The van der Waals surface area contributed by atoms with Gasteiger partial charge in [-0.1, -0.05) is 24.6 Å². The third-order valence-corrected chi connectivity index (χ3v) is 3.85. The average Bonchev–Trinajstić information content (AvgIpc) is 2.58. The summed E-state index contributed by atoms with van der Waals surface area (Å²) in [5.41, 5.74) is -2.89. The van der Waals surface area contributed by atoms with Gasteiger partial charge in [0.1, 0.15) is 5.69 Å². The van der Waals surface area contributed by atoms with E-state index in [1.165, 1.54) is 4.90 Å². The lowest BCUT2D eigenvalue weighted by Crippen LogP contribution is -2.23. The molecule has 0 unspecified atom stereocenters. The number of aryl methyl sites for hydroxylation is 1. The number of rotatable bonds is 6. The Morgan fingerprint density at radius 1 is 1.04 bits per heavy atom. The van der Waals surface area contributed by atoms with Gasteiger partial charge < -0.3 is 4.90 Å². The van der Waals surface area contributed by atoms with Crippen molar-refractivity contribution in [2.45, 2.75) is 26.4 Å². The van der Waals surface area contributed by atoms with Gasteiger partial charge in [-0.15, -0.1) is 0 Å². The molecule has 0 aromatic heterocycles. The zero-order chi connectivity index (χ0) is 20.4. The van der Waals surface area contributed by atoms with Crippen LogP contribution in [0.1, 0.15) is 24.5 Å². The fourth-order valence-corrected chi connectivity index (χ4v) is 2.67. The van der Waals surface area contributed by atoms with Crippen molar-refractivity contribution in [2.75, 3.05) is 11.4 Å². The summed E-state index contributed by atoms with van der Waals surface area (Å²) in [6, 6.07) is 7.33. The number of hydrogen-bond acceptors (Lipinski definition) is 5. The fraction of sp³-hybridized carbons (Fsp3) is 0.294. The van der Waals surface area contributed by atoms with Crippen molar-refractivity contribution in [1.82, 2.24) is 0 Å². The minimum Gasteiger partial charge on any atom is -0.335 e. The van der Waals surface area contributed by atoms with Crippen LogP contribution in [0.5, 0.6) is 0 Å². The van der Waals surface area contributed by atoms with Gasteiger partial charge in [0.15, 0.2) is 0 Å². The summed E-state index contributed by atoms with van der Waals surface area (Å²) in [4.78, 5) is 21.5. The number of non-ortho nitro benzene ring substituents is 1. The standard InChI is InChI=1S/C17H16F3N3O4/c1-3-8-21(12-6-4-11(2)5-7-12)16-14(17(18,19)20)9-13(22(24)25)10-15(16)23(26)27/h4-7,9-10H,3,8H2,1-2H3. The number of alkyl halides is 3. The van der Waals surface area contributed by atoms with Crippen molar-refractivity contribution in [1.29, 1.82) is 0 Å². The van der Waals surface area contributed by atoms with Gasteiger partial charge in [0.2, 0.25) is 0 Å². The summed E-state index contributed by atoms with van der Waals surface area (Å²) in [6.45, 7) is 3.57. The molecule has 0 atom stereocenters. The summed E-state index contributed by atoms with van der Waals surface area (Å²) >= 11 is 0. The van der Waals surface area contributed by atoms with E-state index in [0.29, 0.717) is 24.2 Å². The van der Waals surface area contributed by atoms with E-state index in [9.17, 15) is 33.4 Å². The molecule has 0 saturated heterocycles. The molecule has 0 saturated carbocycles. The second kappa shape index (κ2) is 7.60. The Morgan fingerprint density at radius 2 is 1.63 bits per heavy atom. The summed E-state index contributed by atoms with van der Waals surface area (Å²) in [5, 5.41) is 22.4. The number of hydrogen-bond donors (Lipinski definition) is 0. The van der Waals surface area contributed by atoms with Crippen molar-refractivity contribution in [3.63, 3.8) is 0 Å². The lowest BCUT2D eigenvalue weighted by atomic mass is 10.1. The minimum atomic E-state index is -5.01. The molecule has 0 spiro atoms. The van der Waals surface area contributed by atoms with Crippen LogP contribution in [0.15, 0.2) is 36.4 Å². The van der Waals surface area contributed by atoms with Gasteiger partial charge in [-0.3, -0.25) is 20.2 Å². The molecule has 2 aromatic carbocycles. The van der Waals surface area contributed by atoms with Crippen LogP contribution in [0.4, 0.5) is 35.9 Å². The van der Waals surface area contributed by atoms with Crippen molar-refractivity contribution in [3.8, 4) is 0 Å². The number of nitro benzene ring substituents is 2. The summed E-state index contributed by atoms with van der Waals surface area (Å²) in [7, 11) is 0. The fourth-order valence-electron chi connectivity index (χ4n) is 2.67. The van der Waals surface area contributed by atoms with Gasteiger partial charge in [0.05, 0.1) is 21.5 Å². The Balaban J connectivity index is 2.85. The zero-order valence-corrected chi connectivity index (χ0v) is 14.5. The van der Waals surface area contributed by atoms with E-state index < -0.39 is 38.6 Å². The van der Waals surface area contributed by atoms with E-state index in [2.05, 4.69) is 0 Å². The first-order valence-corrected chi connectivity index (χ1v) is 7.94. The smallest absolute Gasteiger partial charge is 0.335 e. The monoisotopic (exact) mass is 383 g/mol. The molecule has 0 aliphatic carbocycles. The Bertz CT molecular complexity index is 867. The largest absolute Gasteiger partial charge is 0.418 e. The van der Waals surface area contributed by atoms with Crippen molar-refractivity contribution in [2.24, 2.45) is 0 Å². The van der Waals surface area contributed by atoms with Crippen LogP contribution >= 0.6 is 0 Å². The van der Waals surface area contributed by atoms with Crippen LogP contribution in [0.2, 0.25) is 0 Å². The molecule has 144 valence electrons. The van der Waals surface area contributed by atoms with Crippen LogP contribution in [0.25, 0.3) is 0 Å². The molecule has 0 N–H and O–H groups in total. The highest BCUT2D eigenvalue weighted by Crippen LogP contribution is 2.46. The van der Waals surface area contributed by atoms with Gasteiger partial charge in [-0.25, -0.2) is 0 Å². The molecule has 0 fully saturated rings. The maximum Gasteiger partial charge on any atom is 0.418 e. The molecule has 2 aromatic rings. The predicted octanol–water partition coefficient (Wildman–Crippen LogP) is 5.38. The number of halogens is 3. The van der Waals surface area contributed by atoms with Crippen LogP contribution in [-0.2, 0) is 6.18 Å². The SMILES string of the molecule is CCCN(c1ccc(C)cc1)c1c([N+](=O)[O-])cc([N+](=O)[O-])cc1C(F)(F)F. The lowest BCUT2D eigenvalue weighted by Gasteiger charge is -2.27. The highest BCUT2D eigenvalue weighted by molar-refractivity contribution is 5.78. The van der Waals surface area contributed by atoms with Crippen molar-refractivity contribution >= 4 is 22.7 Å². The Morgan fingerprint density at radius 3 is 2.07 bits per heavy atom. The van der Waals surface area contributed by atoms with Gasteiger partial charge >= 0.3 is 6.18 Å². The molecule has 0 heterocycles. The molecule has 27 heavy (non-hydrogen) atoms. The van der Waals surface area contributed by atoms with E-state index in [-0.39, 0.29) is 6.54 Å². The zero-order valence-electron chi connectivity index (χ0n) is 14.5. The first-order valence-electron chi connectivity index (χ1n) is 7.94. The summed E-state index contributed by atoms with van der Waals surface area (Å²) < 4.78 is 40.9. The topological polar surface area (TPSA) is 89.5 Å². The molecule has 0 radical (unpaired) electrons. The molecule has 10 heteroatoms. The second-order valence-corrected chi connectivity index (χ2v) is 5.86. The molecule has 0 aliphatic rings. The van der Waals surface area contributed by atoms with Crippen LogP contribution < -0.4 is 4.90 Å². The van der Waals surface area contributed by atoms with Gasteiger partial charge in [-0.2, -0.15) is 13.2 Å². The number of anilines is 2. The Kier molecular flexibility index (Phi) is 5.67. The molecule has 0 bridgehead atoms. The van der Waals surface area contributed by atoms with E-state index in [4.69, 9.17) is 0 Å². The van der Waals surface area contributed by atoms with Crippen molar-refractivity contribution in [3.05, 3.63) is 67.8 Å². The number of nitro groups is 2. The van der Waals surface area contributed by atoms with Gasteiger partial charge in [0, 0.05) is 18.3 Å². The predicted molar refractivity (Wildman–Crippen MR) is 93.2 cm³/mol. The average molecular weight is 383 g/mol. The summed E-state index contributed by atoms with van der Waals surface area (Å²) in [5.74, 6) is 0.